The Labute approximate surface area is 150 Å². The molecule has 4 aromatic rings. The summed E-state index contributed by atoms with van der Waals surface area (Å²) in [6.07, 6.45) is 6.84. The molecule has 0 spiro atoms. The third kappa shape index (κ3) is 2.63. The monoisotopic (exact) mass is 345 g/mol. The molecule has 3 aromatic heterocycles. The van der Waals surface area contributed by atoms with Gasteiger partial charge in [0.2, 0.25) is 0 Å². The maximum absolute atomic E-state index is 5.74. The third-order valence-corrected chi connectivity index (χ3v) is 5.05. The van der Waals surface area contributed by atoms with Crippen molar-refractivity contribution in [2.24, 2.45) is 0 Å². The van der Waals surface area contributed by atoms with Gasteiger partial charge < -0.3 is 9.32 Å². The Balaban J connectivity index is 1.43. The molecule has 1 N–H and O–H groups in total. The summed E-state index contributed by atoms with van der Waals surface area (Å²) in [5, 5.41) is 8.07. The van der Waals surface area contributed by atoms with Crippen molar-refractivity contribution in [3.63, 3.8) is 0 Å². The van der Waals surface area contributed by atoms with E-state index in [1.165, 1.54) is 5.56 Å². The number of aryl methyl sites for hydroxylation is 1. The van der Waals surface area contributed by atoms with Crippen molar-refractivity contribution in [1.82, 2.24) is 20.2 Å². The molecule has 0 bridgehead atoms. The van der Waals surface area contributed by atoms with Crippen LogP contribution in [0.4, 0.5) is 5.82 Å². The molecule has 0 amide bonds. The van der Waals surface area contributed by atoms with Crippen LogP contribution < -0.4 is 4.90 Å². The van der Waals surface area contributed by atoms with E-state index in [1.54, 1.807) is 0 Å². The fourth-order valence-corrected chi connectivity index (χ4v) is 3.69. The van der Waals surface area contributed by atoms with Gasteiger partial charge in [-0.3, -0.25) is 5.10 Å². The zero-order valence-electron chi connectivity index (χ0n) is 14.5. The zero-order valence-corrected chi connectivity index (χ0v) is 14.5. The Morgan fingerprint density at radius 2 is 2.19 bits per heavy atom. The molecule has 4 heterocycles. The highest BCUT2D eigenvalue weighted by atomic mass is 16.3. The van der Waals surface area contributed by atoms with Gasteiger partial charge in [-0.15, -0.1) is 0 Å². The van der Waals surface area contributed by atoms with Gasteiger partial charge in [-0.05, 0) is 37.1 Å². The van der Waals surface area contributed by atoms with Crippen LogP contribution in [-0.4, -0.2) is 33.3 Å². The average Bonchev–Trinajstić information content (AvgIpc) is 3.40. The molecule has 1 aliphatic rings. The molecular formula is C20H19N5O. The van der Waals surface area contributed by atoms with E-state index >= 15 is 0 Å². The highest BCUT2D eigenvalue weighted by molar-refractivity contribution is 5.82. The van der Waals surface area contributed by atoms with E-state index in [0.717, 1.165) is 53.4 Å². The van der Waals surface area contributed by atoms with Gasteiger partial charge in [0.25, 0.3) is 0 Å². The Kier molecular flexibility index (Phi) is 3.48. The molecule has 0 saturated carbocycles. The Morgan fingerprint density at radius 3 is 3.08 bits per heavy atom. The average molecular weight is 345 g/mol. The fourth-order valence-electron chi connectivity index (χ4n) is 3.69. The van der Waals surface area contributed by atoms with Crippen molar-refractivity contribution < 1.29 is 4.42 Å². The number of rotatable bonds is 3. The first-order valence-corrected chi connectivity index (χ1v) is 8.83. The number of nitrogens with zero attached hydrogens (tertiary/aromatic N) is 4. The number of aromatic nitrogens is 4. The minimum Gasteiger partial charge on any atom is -0.461 e. The van der Waals surface area contributed by atoms with Crippen LogP contribution in [0, 0.1) is 6.92 Å². The van der Waals surface area contributed by atoms with Crippen molar-refractivity contribution >= 4 is 16.8 Å². The molecular weight excluding hydrogens is 326 g/mol. The highest BCUT2D eigenvalue weighted by Gasteiger charge is 2.25. The number of fused-ring (bicyclic) bond motifs is 1. The van der Waals surface area contributed by atoms with Gasteiger partial charge in [0.05, 0.1) is 6.20 Å². The Morgan fingerprint density at radius 1 is 1.23 bits per heavy atom. The van der Waals surface area contributed by atoms with E-state index in [4.69, 9.17) is 9.40 Å². The molecule has 26 heavy (non-hydrogen) atoms. The lowest BCUT2D eigenvalue weighted by Gasteiger charge is -2.17. The first-order valence-electron chi connectivity index (χ1n) is 8.83. The van der Waals surface area contributed by atoms with Gasteiger partial charge in [0.15, 0.2) is 5.82 Å². The van der Waals surface area contributed by atoms with Crippen molar-refractivity contribution in [2.45, 2.75) is 19.3 Å². The summed E-state index contributed by atoms with van der Waals surface area (Å²) >= 11 is 0. The van der Waals surface area contributed by atoms with Gasteiger partial charge in [-0.2, -0.15) is 5.10 Å². The fraction of sp³-hybridized carbons (Fsp3) is 0.250. The number of hydrogen-bond acceptors (Lipinski definition) is 5. The summed E-state index contributed by atoms with van der Waals surface area (Å²) in [5.41, 5.74) is 3.11. The lowest BCUT2D eigenvalue weighted by atomic mass is 10.0. The number of H-pyrrole nitrogens is 1. The summed E-state index contributed by atoms with van der Waals surface area (Å²) in [7, 11) is 0. The number of anilines is 1. The Bertz CT molecular complexity index is 1050. The first kappa shape index (κ1) is 15.1. The Hall–Kier alpha value is -3.15. The molecule has 1 atom stereocenters. The van der Waals surface area contributed by atoms with Crippen molar-refractivity contribution in [3.8, 4) is 11.4 Å². The van der Waals surface area contributed by atoms with Crippen molar-refractivity contribution in [3.05, 3.63) is 60.2 Å². The predicted molar refractivity (Wildman–Crippen MR) is 100 cm³/mol. The van der Waals surface area contributed by atoms with E-state index < -0.39 is 0 Å². The van der Waals surface area contributed by atoms with Crippen LogP contribution >= 0.6 is 0 Å². The smallest absolute Gasteiger partial charge is 0.161 e. The normalized spacial score (nSPS) is 17.3. The summed E-state index contributed by atoms with van der Waals surface area (Å²) in [6.45, 7) is 3.90. The van der Waals surface area contributed by atoms with Crippen LogP contribution in [-0.2, 0) is 0 Å². The summed E-state index contributed by atoms with van der Waals surface area (Å²) in [4.78, 5) is 11.6. The number of nitrogens with one attached hydrogen (secondary N) is 1. The molecule has 0 radical (unpaired) electrons. The number of benzene rings is 1. The second-order valence-electron chi connectivity index (χ2n) is 6.81. The predicted octanol–water partition coefficient (Wildman–Crippen LogP) is 3.92. The molecule has 1 saturated heterocycles. The van der Waals surface area contributed by atoms with Crippen LogP contribution in [0.15, 0.2) is 53.3 Å². The number of aromatic amines is 1. The molecule has 1 fully saturated rings. The SMILES string of the molecule is Cc1cc2ccc(-c3nccc(N4CCC(c5cn[nH]c5)C4)n3)cc2o1. The molecule has 6 nitrogen and oxygen atoms in total. The van der Waals surface area contributed by atoms with E-state index in [1.807, 2.05) is 43.7 Å². The minimum atomic E-state index is 0.495. The third-order valence-electron chi connectivity index (χ3n) is 5.05. The second-order valence-corrected chi connectivity index (χ2v) is 6.81. The lowest BCUT2D eigenvalue weighted by molar-refractivity contribution is 0.578. The molecule has 1 aliphatic heterocycles. The second kappa shape index (κ2) is 5.98. The van der Waals surface area contributed by atoms with Crippen molar-refractivity contribution in [2.75, 3.05) is 18.0 Å². The van der Waals surface area contributed by atoms with E-state index in [2.05, 4.69) is 32.2 Å². The van der Waals surface area contributed by atoms with Gasteiger partial charge >= 0.3 is 0 Å². The van der Waals surface area contributed by atoms with Gasteiger partial charge in [0, 0.05) is 42.4 Å². The summed E-state index contributed by atoms with van der Waals surface area (Å²) < 4.78 is 5.74. The zero-order chi connectivity index (χ0) is 17.5. The molecule has 1 aromatic carbocycles. The quantitative estimate of drug-likeness (QED) is 0.609. The number of furan rings is 1. The van der Waals surface area contributed by atoms with Crippen LogP contribution in [0.3, 0.4) is 0 Å². The molecule has 5 rings (SSSR count). The summed E-state index contributed by atoms with van der Waals surface area (Å²) in [6, 6.07) is 10.1. The molecule has 130 valence electrons. The first-order chi connectivity index (χ1) is 12.8. The summed E-state index contributed by atoms with van der Waals surface area (Å²) in [5.74, 6) is 3.10. The largest absolute Gasteiger partial charge is 0.461 e. The van der Waals surface area contributed by atoms with Gasteiger partial charge in [-0.25, -0.2) is 9.97 Å². The van der Waals surface area contributed by atoms with Crippen molar-refractivity contribution in [1.29, 1.82) is 0 Å². The van der Waals surface area contributed by atoms with E-state index in [0.29, 0.717) is 5.92 Å². The minimum absolute atomic E-state index is 0.495. The highest BCUT2D eigenvalue weighted by Crippen LogP contribution is 2.30. The molecule has 6 heteroatoms. The van der Waals surface area contributed by atoms with E-state index in [9.17, 15) is 0 Å². The lowest BCUT2D eigenvalue weighted by Crippen LogP contribution is -2.20. The molecule has 0 aliphatic carbocycles. The van der Waals surface area contributed by atoms with Gasteiger partial charge in [-0.1, -0.05) is 12.1 Å². The van der Waals surface area contributed by atoms with Gasteiger partial charge in [0.1, 0.15) is 17.2 Å². The standard InChI is InChI=1S/C20H19N5O/c1-13-8-14-2-3-15(9-18(14)26-13)20-21-6-4-19(24-20)25-7-5-16(12-25)17-10-22-23-11-17/h2-4,6,8-11,16H,5,7,12H2,1H3,(H,22,23). The van der Waals surface area contributed by atoms with Crippen LogP contribution in [0.5, 0.6) is 0 Å². The van der Waals surface area contributed by atoms with Crippen LogP contribution in [0.25, 0.3) is 22.4 Å². The topological polar surface area (TPSA) is 70.8 Å². The maximum Gasteiger partial charge on any atom is 0.161 e. The van der Waals surface area contributed by atoms with E-state index in [-0.39, 0.29) is 0 Å². The maximum atomic E-state index is 5.74. The number of hydrogen-bond donors (Lipinski definition) is 1. The van der Waals surface area contributed by atoms with Crippen LogP contribution in [0.1, 0.15) is 23.7 Å². The van der Waals surface area contributed by atoms with Crippen LogP contribution in [0.2, 0.25) is 0 Å². The molecule has 1 unspecified atom stereocenters.